The van der Waals surface area contributed by atoms with Crippen molar-refractivity contribution in [3.05, 3.63) is 64.5 Å². The van der Waals surface area contributed by atoms with Crippen LogP contribution in [0.3, 0.4) is 0 Å². The molecule has 3 rings (SSSR count). The van der Waals surface area contributed by atoms with Gasteiger partial charge in [0.25, 0.3) is 0 Å². The molecule has 0 aliphatic heterocycles. The highest BCUT2D eigenvalue weighted by atomic mass is 19.1. The SMILES string of the molecule is COc1ccc(-c2c[nH]c3c(F)cc(F)cc3c2=O)cc1. The van der Waals surface area contributed by atoms with E-state index in [4.69, 9.17) is 4.74 Å². The Morgan fingerprint density at radius 2 is 1.81 bits per heavy atom. The third-order valence-electron chi connectivity index (χ3n) is 3.31. The van der Waals surface area contributed by atoms with E-state index in [-0.39, 0.29) is 10.9 Å². The number of methoxy groups -OCH3 is 1. The summed E-state index contributed by atoms with van der Waals surface area (Å²) in [6.45, 7) is 0. The van der Waals surface area contributed by atoms with Gasteiger partial charge >= 0.3 is 0 Å². The second kappa shape index (κ2) is 5.01. The Morgan fingerprint density at radius 1 is 1.10 bits per heavy atom. The summed E-state index contributed by atoms with van der Waals surface area (Å²) in [7, 11) is 1.55. The molecular formula is C16H11F2NO2. The molecular weight excluding hydrogens is 276 g/mol. The van der Waals surface area contributed by atoms with E-state index in [9.17, 15) is 13.6 Å². The van der Waals surface area contributed by atoms with Crippen LogP contribution in [0.2, 0.25) is 0 Å². The number of ether oxygens (including phenoxy) is 1. The third-order valence-corrected chi connectivity index (χ3v) is 3.31. The first-order chi connectivity index (χ1) is 10.1. The van der Waals surface area contributed by atoms with Crippen molar-refractivity contribution in [2.24, 2.45) is 0 Å². The van der Waals surface area contributed by atoms with E-state index in [1.165, 1.54) is 6.20 Å². The van der Waals surface area contributed by atoms with Gasteiger partial charge in [-0.05, 0) is 23.8 Å². The van der Waals surface area contributed by atoms with Crippen molar-refractivity contribution in [1.29, 1.82) is 0 Å². The van der Waals surface area contributed by atoms with Crippen molar-refractivity contribution in [2.75, 3.05) is 7.11 Å². The summed E-state index contributed by atoms with van der Waals surface area (Å²) >= 11 is 0. The summed E-state index contributed by atoms with van der Waals surface area (Å²) in [6.07, 6.45) is 1.42. The highest BCUT2D eigenvalue weighted by Gasteiger charge is 2.11. The molecule has 5 heteroatoms. The van der Waals surface area contributed by atoms with Crippen LogP contribution in [0.15, 0.2) is 47.4 Å². The number of aromatic nitrogens is 1. The number of nitrogens with one attached hydrogen (secondary N) is 1. The average Bonchev–Trinajstić information content (AvgIpc) is 2.48. The van der Waals surface area contributed by atoms with E-state index in [2.05, 4.69) is 4.98 Å². The van der Waals surface area contributed by atoms with E-state index in [0.29, 0.717) is 16.9 Å². The van der Waals surface area contributed by atoms with Crippen LogP contribution < -0.4 is 10.2 Å². The van der Waals surface area contributed by atoms with Gasteiger partial charge in [0.1, 0.15) is 17.4 Å². The minimum Gasteiger partial charge on any atom is -0.497 e. The maximum atomic E-state index is 13.6. The van der Waals surface area contributed by atoms with Gasteiger partial charge in [-0.1, -0.05) is 12.1 Å². The van der Waals surface area contributed by atoms with Crippen LogP contribution >= 0.6 is 0 Å². The molecule has 0 atom stereocenters. The van der Waals surface area contributed by atoms with Gasteiger partial charge in [-0.25, -0.2) is 8.78 Å². The van der Waals surface area contributed by atoms with Gasteiger partial charge < -0.3 is 9.72 Å². The average molecular weight is 287 g/mol. The van der Waals surface area contributed by atoms with Crippen LogP contribution in [0.4, 0.5) is 8.78 Å². The number of hydrogen-bond donors (Lipinski definition) is 1. The normalized spacial score (nSPS) is 10.8. The van der Waals surface area contributed by atoms with Gasteiger partial charge in [-0.3, -0.25) is 4.79 Å². The number of hydrogen-bond acceptors (Lipinski definition) is 2. The summed E-state index contributed by atoms with van der Waals surface area (Å²) in [5, 5.41) is -0.0131. The lowest BCUT2D eigenvalue weighted by Gasteiger charge is -2.06. The molecule has 0 saturated heterocycles. The van der Waals surface area contributed by atoms with Crippen molar-refractivity contribution < 1.29 is 13.5 Å². The zero-order valence-electron chi connectivity index (χ0n) is 11.1. The largest absolute Gasteiger partial charge is 0.497 e. The molecule has 1 N–H and O–H groups in total. The maximum absolute atomic E-state index is 13.6. The topological polar surface area (TPSA) is 42.1 Å². The Bertz CT molecular complexity index is 870. The van der Waals surface area contributed by atoms with Gasteiger partial charge in [0, 0.05) is 17.8 Å². The Morgan fingerprint density at radius 3 is 2.48 bits per heavy atom. The van der Waals surface area contributed by atoms with E-state index in [1.807, 2.05) is 0 Å². The quantitative estimate of drug-likeness (QED) is 0.784. The Kier molecular flexibility index (Phi) is 3.17. The lowest BCUT2D eigenvalue weighted by molar-refractivity contribution is 0.415. The molecule has 0 saturated carbocycles. The fraction of sp³-hybridized carbons (Fsp3) is 0.0625. The fourth-order valence-corrected chi connectivity index (χ4v) is 2.24. The Hall–Kier alpha value is -2.69. The molecule has 0 unspecified atom stereocenters. The summed E-state index contributed by atoms with van der Waals surface area (Å²) in [5.74, 6) is -0.909. The summed E-state index contributed by atoms with van der Waals surface area (Å²) in [4.78, 5) is 15.1. The molecule has 0 radical (unpaired) electrons. The Balaban J connectivity index is 2.24. The predicted molar refractivity (Wildman–Crippen MR) is 76.5 cm³/mol. The number of rotatable bonds is 2. The molecule has 0 amide bonds. The minimum atomic E-state index is -0.789. The van der Waals surface area contributed by atoms with Crippen molar-refractivity contribution in [3.8, 4) is 16.9 Å². The molecule has 0 bridgehead atoms. The molecule has 106 valence electrons. The van der Waals surface area contributed by atoms with E-state index < -0.39 is 17.1 Å². The first kappa shape index (κ1) is 13.3. The molecule has 1 heterocycles. The Labute approximate surface area is 118 Å². The van der Waals surface area contributed by atoms with E-state index in [0.717, 1.165) is 12.1 Å². The molecule has 3 aromatic rings. The van der Waals surface area contributed by atoms with E-state index >= 15 is 0 Å². The lowest BCUT2D eigenvalue weighted by atomic mass is 10.0. The number of pyridine rings is 1. The second-order valence-corrected chi connectivity index (χ2v) is 4.57. The predicted octanol–water partition coefficient (Wildman–Crippen LogP) is 3.48. The number of aromatic amines is 1. The minimum absolute atomic E-state index is 0.00124. The van der Waals surface area contributed by atoms with Gasteiger partial charge in [-0.2, -0.15) is 0 Å². The first-order valence-electron chi connectivity index (χ1n) is 6.25. The summed E-state index contributed by atoms with van der Waals surface area (Å²) < 4.78 is 32.0. The monoisotopic (exact) mass is 287 g/mol. The molecule has 0 spiro atoms. The van der Waals surface area contributed by atoms with E-state index in [1.54, 1.807) is 31.4 Å². The number of benzene rings is 2. The van der Waals surface area contributed by atoms with Crippen LogP contribution in [0.25, 0.3) is 22.0 Å². The van der Waals surface area contributed by atoms with Crippen molar-refractivity contribution in [3.63, 3.8) is 0 Å². The molecule has 3 nitrogen and oxygen atoms in total. The first-order valence-corrected chi connectivity index (χ1v) is 6.25. The van der Waals surface area contributed by atoms with Crippen LogP contribution in [0.5, 0.6) is 5.75 Å². The maximum Gasteiger partial charge on any atom is 0.197 e. The van der Waals surface area contributed by atoms with Crippen molar-refractivity contribution >= 4 is 10.9 Å². The highest BCUT2D eigenvalue weighted by Crippen LogP contribution is 2.22. The van der Waals surface area contributed by atoms with Crippen molar-refractivity contribution in [1.82, 2.24) is 4.98 Å². The number of fused-ring (bicyclic) bond motifs is 1. The van der Waals surface area contributed by atoms with Crippen LogP contribution in [0, 0.1) is 11.6 Å². The number of H-pyrrole nitrogens is 1. The molecule has 21 heavy (non-hydrogen) atoms. The molecule has 0 aliphatic rings. The smallest absolute Gasteiger partial charge is 0.197 e. The van der Waals surface area contributed by atoms with Crippen LogP contribution in [-0.2, 0) is 0 Å². The second-order valence-electron chi connectivity index (χ2n) is 4.57. The summed E-state index contributed by atoms with van der Waals surface area (Å²) in [6, 6.07) is 8.63. The number of halogens is 2. The van der Waals surface area contributed by atoms with Gasteiger partial charge in [0.05, 0.1) is 18.0 Å². The van der Waals surface area contributed by atoms with Crippen molar-refractivity contribution in [2.45, 2.75) is 0 Å². The van der Waals surface area contributed by atoms with Crippen LogP contribution in [-0.4, -0.2) is 12.1 Å². The van der Waals surface area contributed by atoms with Gasteiger partial charge in [0.2, 0.25) is 0 Å². The third kappa shape index (κ3) is 2.27. The van der Waals surface area contributed by atoms with Crippen LogP contribution in [0.1, 0.15) is 0 Å². The standard InChI is InChI=1S/C16H11F2NO2/c1-21-11-4-2-9(3-5-11)13-8-19-15-12(16(13)20)6-10(17)7-14(15)18/h2-8H,1H3,(H,19,20). The van der Waals surface area contributed by atoms with Gasteiger partial charge in [0.15, 0.2) is 5.43 Å². The zero-order chi connectivity index (χ0) is 15.0. The summed E-state index contributed by atoms with van der Waals surface area (Å²) in [5.41, 5.74) is 0.560. The van der Waals surface area contributed by atoms with Gasteiger partial charge in [-0.15, -0.1) is 0 Å². The molecule has 2 aromatic carbocycles. The fourth-order valence-electron chi connectivity index (χ4n) is 2.24. The molecule has 0 aliphatic carbocycles. The lowest BCUT2D eigenvalue weighted by Crippen LogP contribution is -2.07. The molecule has 1 aromatic heterocycles. The molecule has 0 fully saturated rings. The zero-order valence-corrected chi connectivity index (χ0v) is 11.1. The highest BCUT2D eigenvalue weighted by molar-refractivity contribution is 5.83.